The van der Waals surface area contributed by atoms with Crippen LogP contribution in [-0.2, 0) is 11.2 Å². The van der Waals surface area contributed by atoms with Gasteiger partial charge >= 0.3 is 0 Å². The zero-order valence-electron chi connectivity index (χ0n) is 18.9. The van der Waals surface area contributed by atoms with Crippen LogP contribution in [0.2, 0.25) is 0 Å². The summed E-state index contributed by atoms with van der Waals surface area (Å²) < 4.78 is 26.8. The highest BCUT2D eigenvalue weighted by molar-refractivity contribution is 5.85. The molecule has 3 aromatic rings. The number of fused-ring (bicyclic) bond motifs is 1. The fraction of sp³-hybridized carbons (Fsp3) is 0.480. The minimum absolute atomic E-state index is 0.0614. The van der Waals surface area contributed by atoms with Gasteiger partial charge in [-0.3, -0.25) is 9.78 Å². The second kappa shape index (κ2) is 9.66. The van der Waals surface area contributed by atoms with E-state index in [0.717, 1.165) is 48.4 Å². The van der Waals surface area contributed by atoms with E-state index in [1.54, 1.807) is 18.6 Å². The Morgan fingerprint density at radius 1 is 1.06 bits per heavy atom. The van der Waals surface area contributed by atoms with E-state index in [4.69, 9.17) is 4.98 Å². The lowest BCUT2D eigenvalue weighted by Gasteiger charge is -2.27. The second-order valence-electron chi connectivity index (χ2n) is 9.29. The SMILES string of the molecule is O=C(Cc1ncc2ccc(-c3cncc(NC4CCNCC4)n3)cc2n1)C1CCC(F)(F)CC1. The van der Waals surface area contributed by atoms with Gasteiger partial charge in [0.1, 0.15) is 17.4 Å². The van der Waals surface area contributed by atoms with E-state index in [1.807, 2.05) is 18.2 Å². The molecule has 1 saturated carbocycles. The molecule has 0 spiro atoms. The number of carbonyl (C=O) groups is 1. The molecule has 9 heteroatoms. The predicted molar refractivity (Wildman–Crippen MR) is 126 cm³/mol. The fourth-order valence-corrected chi connectivity index (χ4v) is 4.72. The van der Waals surface area contributed by atoms with Crippen LogP contribution >= 0.6 is 0 Å². The van der Waals surface area contributed by atoms with Gasteiger partial charge in [0.25, 0.3) is 0 Å². The topological polar surface area (TPSA) is 92.7 Å². The lowest BCUT2D eigenvalue weighted by Crippen LogP contribution is -2.35. The Labute approximate surface area is 196 Å². The van der Waals surface area contributed by atoms with Gasteiger partial charge < -0.3 is 10.6 Å². The summed E-state index contributed by atoms with van der Waals surface area (Å²) >= 11 is 0. The molecule has 1 aromatic carbocycles. The zero-order valence-corrected chi connectivity index (χ0v) is 18.9. The number of aromatic nitrogens is 4. The first-order chi connectivity index (χ1) is 16.4. The Morgan fingerprint density at radius 3 is 2.65 bits per heavy atom. The standard InChI is InChI=1S/C25H28F2N6O/c26-25(27)7-3-16(4-8-25)22(34)12-23-30-13-18-2-1-17(11-20(18)32-23)21-14-29-15-24(33-21)31-19-5-9-28-10-6-19/h1-2,11,13-16,19,28H,3-10,12H2,(H,31,33). The minimum atomic E-state index is -2.64. The Bertz CT molecular complexity index is 1170. The van der Waals surface area contributed by atoms with Gasteiger partial charge in [-0.2, -0.15) is 0 Å². The third-order valence-electron chi connectivity index (χ3n) is 6.76. The van der Waals surface area contributed by atoms with E-state index in [1.165, 1.54) is 0 Å². The van der Waals surface area contributed by atoms with Gasteiger partial charge in [0.15, 0.2) is 0 Å². The molecule has 178 valence electrons. The van der Waals surface area contributed by atoms with Crippen molar-refractivity contribution >= 4 is 22.5 Å². The molecular formula is C25H28F2N6O. The Balaban J connectivity index is 1.31. The van der Waals surface area contributed by atoms with E-state index in [9.17, 15) is 13.6 Å². The third kappa shape index (κ3) is 5.35. The number of benzene rings is 1. The molecule has 0 bridgehead atoms. The molecule has 1 saturated heterocycles. The van der Waals surface area contributed by atoms with Gasteiger partial charge in [-0.25, -0.2) is 23.7 Å². The molecule has 1 aliphatic carbocycles. The van der Waals surface area contributed by atoms with Crippen LogP contribution in [0.4, 0.5) is 14.6 Å². The number of nitrogens with one attached hydrogen (secondary N) is 2. The van der Waals surface area contributed by atoms with Crippen LogP contribution in [0.5, 0.6) is 0 Å². The summed E-state index contributed by atoms with van der Waals surface area (Å²) in [6.45, 7) is 1.99. The molecule has 0 atom stereocenters. The van der Waals surface area contributed by atoms with Crippen LogP contribution in [0, 0.1) is 5.92 Å². The van der Waals surface area contributed by atoms with Gasteiger partial charge in [0.05, 0.1) is 30.0 Å². The van der Waals surface area contributed by atoms with Crippen molar-refractivity contribution < 1.29 is 13.6 Å². The molecule has 2 fully saturated rings. The molecular weight excluding hydrogens is 438 g/mol. The maximum atomic E-state index is 13.4. The van der Waals surface area contributed by atoms with E-state index >= 15 is 0 Å². The van der Waals surface area contributed by atoms with Crippen molar-refractivity contribution in [3.63, 3.8) is 0 Å². The number of hydrogen-bond donors (Lipinski definition) is 2. The van der Waals surface area contributed by atoms with Crippen LogP contribution in [0.1, 0.15) is 44.3 Å². The van der Waals surface area contributed by atoms with E-state index in [0.29, 0.717) is 17.4 Å². The van der Waals surface area contributed by atoms with Crippen molar-refractivity contribution in [3.8, 4) is 11.3 Å². The zero-order chi connectivity index (χ0) is 23.5. The van der Waals surface area contributed by atoms with E-state index < -0.39 is 5.92 Å². The van der Waals surface area contributed by atoms with E-state index in [2.05, 4.69) is 25.6 Å². The number of rotatable bonds is 6. The highest BCUT2D eigenvalue weighted by atomic mass is 19.3. The molecule has 0 amide bonds. The molecule has 34 heavy (non-hydrogen) atoms. The molecule has 7 nitrogen and oxygen atoms in total. The Kier molecular flexibility index (Phi) is 6.45. The second-order valence-corrected chi connectivity index (χ2v) is 9.29. The normalized spacial score (nSPS) is 19.2. The van der Waals surface area contributed by atoms with Crippen molar-refractivity contribution in [1.29, 1.82) is 0 Å². The maximum absolute atomic E-state index is 13.4. The number of alkyl halides is 2. The van der Waals surface area contributed by atoms with Gasteiger partial charge in [-0.15, -0.1) is 0 Å². The number of hydrogen-bond acceptors (Lipinski definition) is 7. The number of anilines is 1. The van der Waals surface area contributed by atoms with Crippen molar-refractivity contribution in [2.45, 2.75) is 56.9 Å². The molecule has 2 N–H and O–H groups in total. The van der Waals surface area contributed by atoms with Gasteiger partial charge in [-0.1, -0.05) is 12.1 Å². The van der Waals surface area contributed by atoms with Crippen LogP contribution in [0.15, 0.2) is 36.8 Å². The average molecular weight is 467 g/mol. The van der Waals surface area contributed by atoms with Crippen LogP contribution in [0.3, 0.4) is 0 Å². The highest BCUT2D eigenvalue weighted by Crippen LogP contribution is 2.36. The minimum Gasteiger partial charge on any atom is -0.366 e. The first kappa shape index (κ1) is 22.7. The third-order valence-corrected chi connectivity index (χ3v) is 6.76. The fourth-order valence-electron chi connectivity index (χ4n) is 4.72. The summed E-state index contributed by atoms with van der Waals surface area (Å²) in [5.41, 5.74) is 2.32. The number of Topliss-reactive ketones (excluding diaryl/α,β-unsaturated/α-hetero) is 1. The molecule has 2 aliphatic rings. The Morgan fingerprint density at radius 2 is 1.85 bits per heavy atom. The number of halogens is 2. The summed E-state index contributed by atoms with van der Waals surface area (Å²) in [6.07, 6.45) is 7.31. The lowest BCUT2D eigenvalue weighted by atomic mass is 9.83. The van der Waals surface area contributed by atoms with Gasteiger partial charge in [0.2, 0.25) is 5.92 Å². The van der Waals surface area contributed by atoms with Crippen LogP contribution in [0.25, 0.3) is 22.2 Å². The number of ketones is 1. The molecule has 2 aromatic heterocycles. The van der Waals surface area contributed by atoms with Crippen LogP contribution in [-0.4, -0.2) is 50.8 Å². The highest BCUT2D eigenvalue weighted by Gasteiger charge is 2.37. The quantitative estimate of drug-likeness (QED) is 0.563. The van der Waals surface area contributed by atoms with E-state index in [-0.39, 0.29) is 43.8 Å². The van der Waals surface area contributed by atoms with Crippen molar-refractivity contribution in [3.05, 3.63) is 42.6 Å². The van der Waals surface area contributed by atoms with Gasteiger partial charge in [-0.05, 0) is 44.8 Å². The summed E-state index contributed by atoms with van der Waals surface area (Å²) in [5.74, 6) is -1.88. The predicted octanol–water partition coefficient (Wildman–Crippen LogP) is 4.19. The first-order valence-corrected chi connectivity index (χ1v) is 11.9. The van der Waals surface area contributed by atoms with Crippen molar-refractivity contribution in [2.75, 3.05) is 18.4 Å². The summed E-state index contributed by atoms with van der Waals surface area (Å²) in [7, 11) is 0. The van der Waals surface area contributed by atoms with Crippen LogP contribution < -0.4 is 10.6 Å². The van der Waals surface area contributed by atoms with Gasteiger partial charge in [0, 0.05) is 41.9 Å². The molecule has 3 heterocycles. The average Bonchev–Trinajstić information content (AvgIpc) is 2.84. The summed E-state index contributed by atoms with van der Waals surface area (Å²) in [4.78, 5) is 30.7. The number of nitrogens with zero attached hydrogens (tertiary/aromatic N) is 4. The van der Waals surface area contributed by atoms with Crippen molar-refractivity contribution in [1.82, 2.24) is 25.3 Å². The first-order valence-electron chi connectivity index (χ1n) is 11.9. The largest absolute Gasteiger partial charge is 0.366 e. The molecule has 5 rings (SSSR count). The Hall–Kier alpha value is -3.07. The maximum Gasteiger partial charge on any atom is 0.248 e. The molecule has 0 radical (unpaired) electrons. The monoisotopic (exact) mass is 466 g/mol. The lowest BCUT2D eigenvalue weighted by molar-refractivity contribution is -0.126. The van der Waals surface area contributed by atoms with Crippen molar-refractivity contribution in [2.24, 2.45) is 5.92 Å². The smallest absolute Gasteiger partial charge is 0.248 e. The summed E-state index contributed by atoms with van der Waals surface area (Å²) in [5, 5.41) is 7.68. The number of carbonyl (C=O) groups excluding carboxylic acids is 1. The molecule has 1 aliphatic heterocycles. The summed E-state index contributed by atoms with van der Waals surface area (Å²) in [6, 6.07) is 6.18. The molecule has 0 unspecified atom stereocenters. The number of piperidine rings is 1.